The van der Waals surface area contributed by atoms with Crippen molar-refractivity contribution in [2.75, 3.05) is 0 Å². The Bertz CT molecular complexity index is 543. The van der Waals surface area contributed by atoms with Crippen LogP contribution in [-0.2, 0) is 4.74 Å². The van der Waals surface area contributed by atoms with Crippen LogP contribution in [0.2, 0.25) is 0 Å². The van der Waals surface area contributed by atoms with Crippen LogP contribution >= 0.6 is 0 Å². The van der Waals surface area contributed by atoms with E-state index in [2.05, 4.69) is 6.92 Å². The van der Waals surface area contributed by atoms with E-state index in [1.165, 1.54) is 0 Å². The van der Waals surface area contributed by atoms with Crippen LogP contribution in [-0.4, -0.2) is 22.4 Å². The number of aromatic hydroxyl groups is 2. The molecule has 110 valence electrons. The Morgan fingerprint density at radius 2 is 1.33 bits per heavy atom. The van der Waals surface area contributed by atoms with Crippen LogP contribution in [0.1, 0.15) is 36.8 Å². The highest BCUT2D eigenvalue weighted by atomic mass is 16.6. The van der Waals surface area contributed by atoms with Gasteiger partial charge in [0.2, 0.25) is 0 Å². The molecule has 0 aliphatic carbocycles. The monoisotopic (exact) mass is 284 g/mol. The molecule has 21 heavy (non-hydrogen) atoms. The van der Waals surface area contributed by atoms with E-state index in [4.69, 9.17) is 4.74 Å². The van der Waals surface area contributed by atoms with Crippen molar-refractivity contribution in [3.8, 4) is 11.5 Å². The lowest BCUT2D eigenvalue weighted by molar-refractivity contribution is 0.355. The van der Waals surface area contributed by atoms with Crippen molar-refractivity contribution in [1.82, 2.24) is 0 Å². The maximum atomic E-state index is 9.46. The SMILES string of the molecule is CCC1OC1CC(c1ccc(O)cc1)c1ccc(O)cc1. The van der Waals surface area contributed by atoms with Crippen LogP contribution < -0.4 is 0 Å². The van der Waals surface area contributed by atoms with E-state index in [-0.39, 0.29) is 17.4 Å². The third kappa shape index (κ3) is 3.19. The summed E-state index contributed by atoms with van der Waals surface area (Å²) in [6, 6.07) is 14.7. The molecule has 0 saturated carbocycles. The summed E-state index contributed by atoms with van der Waals surface area (Å²) in [6.07, 6.45) is 2.65. The Morgan fingerprint density at radius 3 is 1.71 bits per heavy atom. The van der Waals surface area contributed by atoms with E-state index in [9.17, 15) is 10.2 Å². The quantitative estimate of drug-likeness (QED) is 0.821. The Kier molecular flexibility index (Phi) is 3.84. The smallest absolute Gasteiger partial charge is 0.115 e. The van der Waals surface area contributed by atoms with Crippen molar-refractivity contribution in [3.05, 3.63) is 59.7 Å². The number of rotatable bonds is 5. The Hall–Kier alpha value is -2.00. The molecule has 0 amide bonds. The predicted octanol–water partition coefficient (Wildman–Crippen LogP) is 3.80. The van der Waals surface area contributed by atoms with Gasteiger partial charge in [-0.15, -0.1) is 0 Å². The van der Waals surface area contributed by atoms with E-state index >= 15 is 0 Å². The largest absolute Gasteiger partial charge is 0.508 e. The molecule has 3 rings (SSSR count). The molecule has 2 aromatic carbocycles. The number of phenols is 2. The maximum Gasteiger partial charge on any atom is 0.115 e. The second kappa shape index (κ2) is 5.78. The number of ether oxygens (including phenoxy) is 1. The van der Waals surface area contributed by atoms with E-state index < -0.39 is 0 Å². The summed E-state index contributed by atoms with van der Waals surface area (Å²) < 4.78 is 5.69. The number of phenolic OH excluding ortho intramolecular Hbond substituents is 2. The van der Waals surface area contributed by atoms with Crippen molar-refractivity contribution in [2.45, 2.75) is 37.9 Å². The van der Waals surface area contributed by atoms with Gasteiger partial charge in [-0.05, 0) is 48.2 Å². The molecule has 1 heterocycles. The molecule has 2 unspecified atom stereocenters. The zero-order valence-corrected chi connectivity index (χ0v) is 12.1. The highest BCUT2D eigenvalue weighted by Gasteiger charge is 2.39. The maximum absolute atomic E-state index is 9.46. The van der Waals surface area contributed by atoms with Gasteiger partial charge >= 0.3 is 0 Å². The normalized spacial score (nSPS) is 20.7. The van der Waals surface area contributed by atoms with Gasteiger partial charge in [-0.3, -0.25) is 0 Å². The standard InChI is InChI=1S/C18H20O3/c1-2-17-18(21-17)11-16(12-3-7-14(19)8-4-12)13-5-9-15(20)10-6-13/h3-10,16-20H,2,11H2,1H3. The molecular weight excluding hydrogens is 264 g/mol. The van der Waals surface area contributed by atoms with Gasteiger partial charge in [0.15, 0.2) is 0 Å². The van der Waals surface area contributed by atoms with Crippen LogP contribution in [0.3, 0.4) is 0 Å². The highest BCUT2D eigenvalue weighted by Crippen LogP contribution is 2.38. The zero-order valence-electron chi connectivity index (χ0n) is 12.1. The molecule has 1 aliphatic heterocycles. The summed E-state index contributed by atoms with van der Waals surface area (Å²) >= 11 is 0. The summed E-state index contributed by atoms with van der Waals surface area (Å²) in [4.78, 5) is 0. The second-order valence-corrected chi connectivity index (χ2v) is 5.59. The summed E-state index contributed by atoms with van der Waals surface area (Å²) in [6.45, 7) is 2.14. The minimum Gasteiger partial charge on any atom is -0.508 e. The van der Waals surface area contributed by atoms with Gasteiger partial charge in [0.1, 0.15) is 11.5 Å². The molecule has 0 radical (unpaired) electrons. The number of epoxide rings is 1. The molecule has 1 saturated heterocycles. The summed E-state index contributed by atoms with van der Waals surface area (Å²) in [5.41, 5.74) is 2.31. The fourth-order valence-corrected chi connectivity index (χ4v) is 2.86. The van der Waals surface area contributed by atoms with Gasteiger partial charge in [-0.1, -0.05) is 31.2 Å². The molecule has 1 aliphatic rings. The molecule has 3 heteroatoms. The summed E-state index contributed by atoms with van der Waals surface area (Å²) in [5, 5.41) is 18.9. The van der Waals surface area contributed by atoms with Gasteiger partial charge in [-0.25, -0.2) is 0 Å². The topological polar surface area (TPSA) is 53.0 Å². The molecule has 0 aromatic heterocycles. The molecular formula is C18H20O3. The molecule has 2 atom stereocenters. The van der Waals surface area contributed by atoms with E-state index in [1.807, 2.05) is 24.3 Å². The van der Waals surface area contributed by atoms with Crippen molar-refractivity contribution in [2.24, 2.45) is 0 Å². The average Bonchev–Trinajstić information content (AvgIpc) is 3.25. The molecule has 2 aromatic rings. The summed E-state index contributed by atoms with van der Waals surface area (Å²) in [5.74, 6) is 0.766. The Morgan fingerprint density at radius 1 is 0.857 bits per heavy atom. The zero-order chi connectivity index (χ0) is 14.8. The van der Waals surface area contributed by atoms with E-state index in [1.54, 1.807) is 24.3 Å². The van der Waals surface area contributed by atoms with Crippen LogP contribution in [0.15, 0.2) is 48.5 Å². The number of hydrogen-bond acceptors (Lipinski definition) is 3. The van der Waals surface area contributed by atoms with E-state index in [0.29, 0.717) is 12.2 Å². The van der Waals surface area contributed by atoms with Crippen molar-refractivity contribution in [1.29, 1.82) is 0 Å². The van der Waals surface area contributed by atoms with Crippen LogP contribution in [0, 0.1) is 0 Å². The first-order chi connectivity index (χ1) is 10.2. The van der Waals surface area contributed by atoms with Gasteiger partial charge in [0.05, 0.1) is 12.2 Å². The van der Waals surface area contributed by atoms with Gasteiger partial charge < -0.3 is 14.9 Å². The van der Waals surface area contributed by atoms with Gasteiger partial charge in [0.25, 0.3) is 0 Å². The van der Waals surface area contributed by atoms with Gasteiger partial charge in [-0.2, -0.15) is 0 Å². The predicted molar refractivity (Wildman–Crippen MR) is 81.6 cm³/mol. The lowest BCUT2D eigenvalue weighted by Gasteiger charge is -2.17. The fraction of sp³-hybridized carbons (Fsp3) is 0.333. The third-order valence-electron chi connectivity index (χ3n) is 4.15. The Labute approximate surface area is 124 Å². The lowest BCUT2D eigenvalue weighted by Crippen LogP contribution is -2.06. The third-order valence-corrected chi connectivity index (χ3v) is 4.15. The molecule has 0 spiro atoms. The van der Waals surface area contributed by atoms with Crippen molar-refractivity contribution >= 4 is 0 Å². The minimum absolute atomic E-state index is 0.216. The minimum atomic E-state index is 0.216. The van der Waals surface area contributed by atoms with Crippen molar-refractivity contribution < 1.29 is 14.9 Å². The van der Waals surface area contributed by atoms with Gasteiger partial charge in [0, 0.05) is 5.92 Å². The first-order valence-corrected chi connectivity index (χ1v) is 7.40. The van der Waals surface area contributed by atoms with E-state index in [0.717, 1.165) is 24.0 Å². The molecule has 2 N–H and O–H groups in total. The molecule has 1 fully saturated rings. The first-order valence-electron chi connectivity index (χ1n) is 7.40. The van der Waals surface area contributed by atoms with Crippen molar-refractivity contribution in [3.63, 3.8) is 0 Å². The number of hydrogen-bond donors (Lipinski definition) is 2. The van der Waals surface area contributed by atoms with Crippen LogP contribution in [0.4, 0.5) is 0 Å². The average molecular weight is 284 g/mol. The lowest BCUT2D eigenvalue weighted by atomic mass is 9.86. The number of benzene rings is 2. The highest BCUT2D eigenvalue weighted by molar-refractivity contribution is 5.38. The Balaban J connectivity index is 1.87. The fourth-order valence-electron chi connectivity index (χ4n) is 2.86. The first kappa shape index (κ1) is 14.0. The van der Waals surface area contributed by atoms with Crippen LogP contribution in [0.25, 0.3) is 0 Å². The second-order valence-electron chi connectivity index (χ2n) is 5.59. The molecule has 0 bridgehead atoms. The molecule has 3 nitrogen and oxygen atoms in total. The summed E-state index contributed by atoms with van der Waals surface area (Å²) in [7, 11) is 0. The van der Waals surface area contributed by atoms with Crippen LogP contribution in [0.5, 0.6) is 11.5 Å².